The Morgan fingerprint density at radius 1 is 1.57 bits per heavy atom. The molecule has 0 aliphatic rings. The van der Waals surface area contributed by atoms with Crippen LogP contribution in [-0.4, -0.2) is 17.8 Å². The second-order valence-corrected chi connectivity index (χ2v) is 1.14. The third-order valence-electron chi connectivity index (χ3n) is 0.418. The minimum absolute atomic E-state index is 0. The van der Waals surface area contributed by atoms with E-state index in [9.17, 15) is 0 Å². The molecule has 2 nitrogen and oxygen atoms in total. The van der Waals surface area contributed by atoms with Crippen molar-refractivity contribution in [3.63, 3.8) is 0 Å². The van der Waals surface area contributed by atoms with Crippen molar-refractivity contribution in [3.05, 3.63) is 0 Å². The van der Waals surface area contributed by atoms with E-state index >= 15 is 0 Å². The minimum atomic E-state index is -0.227. The summed E-state index contributed by atoms with van der Waals surface area (Å²) in [4.78, 5) is 0. The average molecular weight is 147 g/mol. The molecule has 0 fully saturated rings. The molecule has 48 valence electrons. The first-order valence-electron chi connectivity index (χ1n) is 1.74. The van der Waals surface area contributed by atoms with E-state index in [0.29, 0.717) is 6.54 Å². The number of rotatable bonds is 1. The fourth-order valence-corrected chi connectivity index (χ4v) is 0. The predicted molar refractivity (Wildman–Crippen MR) is 19.4 cm³/mol. The Labute approximate surface area is 55.9 Å². The van der Waals surface area contributed by atoms with Crippen LogP contribution < -0.4 is 30.5 Å². The molecule has 0 aromatic heterocycles. The van der Waals surface area contributed by atoms with Crippen molar-refractivity contribution in [2.45, 2.75) is 13.0 Å². The Bertz CT molecular complexity index is 26.9. The van der Waals surface area contributed by atoms with Crippen LogP contribution in [0, 0.1) is 0 Å². The topological polar surface area (TPSA) is 47.9 Å². The standard InChI is InChI=1S/C3H9NO.2ClH/c1-3(5)2-4;;/h3,5H,2,4H2,1H3;2*1H/p-1. The zero-order chi connectivity index (χ0) is 4.28. The lowest BCUT2D eigenvalue weighted by Crippen LogP contribution is -3.00. The quantitative estimate of drug-likeness (QED) is 0.380. The number of aliphatic hydroxyl groups excluding tert-OH is 1. The van der Waals surface area contributed by atoms with E-state index in [2.05, 4.69) is 5.73 Å². The monoisotopic (exact) mass is 146 g/mol. The smallest absolute Gasteiger partial charge is 0.100 e. The molecule has 7 heavy (non-hydrogen) atoms. The van der Waals surface area contributed by atoms with Crippen LogP contribution >= 0.6 is 0 Å². The first kappa shape index (κ1) is 15.6. The van der Waals surface area contributed by atoms with E-state index in [4.69, 9.17) is 5.11 Å². The Balaban J connectivity index is -0.0000000800. The first-order chi connectivity index (χ1) is 2.27. The lowest BCUT2D eigenvalue weighted by molar-refractivity contribution is -0.382. The summed E-state index contributed by atoms with van der Waals surface area (Å²) in [5.74, 6) is 0. The van der Waals surface area contributed by atoms with Crippen molar-refractivity contribution in [2.75, 3.05) is 6.54 Å². The van der Waals surface area contributed by atoms with Gasteiger partial charge in [-0.25, -0.2) is 0 Å². The van der Waals surface area contributed by atoms with Crippen molar-refractivity contribution in [2.24, 2.45) is 0 Å². The van der Waals surface area contributed by atoms with E-state index in [-0.39, 0.29) is 30.9 Å². The van der Waals surface area contributed by atoms with Crippen LogP contribution in [0.4, 0.5) is 0 Å². The highest BCUT2D eigenvalue weighted by atomic mass is 35.5. The van der Waals surface area contributed by atoms with Gasteiger partial charge in [-0.3, -0.25) is 0 Å². The molecular formula is C3H10Cl2NO-. The van der Waals surface area contributed by atoms with Crippen LogP contribution in [0.15, 0.2) is 0 Å². The second kappa shape index (κ2) is 9.71. The molecule has 0 amide bonds. The molecule has 0 spiro atoms. The van der Waals surface area contributed by atoms with Crippen molar-refractivity contribution in [3.8, 4) is 0 Å². The molecule has 0 saturated heterocycles. The van der Waals surface area contributed by atoms with Crippen LogP contribution in [0.2, 0.25) is 0 Å². The molecule has 1 unspecified atom stereocenters. The van der Waals surface area contributed by atoms with Crippen molar-refractivity contribution in [1.82, 2.24) is 0 Å². The second-order valence-electron chi connectivity index (χ2n) is 1.14. The maximum Gasteiger partial charge on any atom is 0.100 e. The normalized spacial score (nSPS) is 10.7. The third-order valence-corrected chi connectivity index (χ3v) is 0.418. The van der Waals surface area contributed by atoms with Crippen molar-refractivity contribution in [1.29, 1.82) is 0 Å². The lowest BCUT2D eigenvalue weighted by atomic mass is 10.4. The Morgan fingerprint density at radius 2 is 1.71 bits per heavy atom. The fraction of sp³-hybridized carbons (Fsp3) is 1.00. The summed E-state index contributed by atoms with van der Waals surface area (Å²) in [6.45, 7) is 2.33. The predicted octanol–water partition coefficient (Wildman–Crippen LogP) is -7.38. The molecule has 4 N–H and O–H groups in total. The molecule has 0 bridgehead atoms. The molecule has 0 aromatic rings. The Kier molecular flexibility index (Phi) is 21.7. The van der Waals surface area contributed by atoms with Crippen LogP contribution in [0.1, 0.15) is 6.92 Å². The maximum absolute atomic E-state index is 8.30. The fourth-order valence-electron chi connectivity index (χ4n) is 0. The van der Waals surface area contributed by atoms with Crippen molar-refractivity contribution < 1.29 is 35.7 Å². The van der Waals surface area contributed by atoms with E-state index in [1.807, 2.05) is 0 Å². The number of hydrogen-bond acceptors (Lipinski definition) is 1. The van der Waals surface area contributed by atoms with E-state index < -0.39 is 0 Å². The highest BCUT2D eigenvalue weighted by Gasteiger charge is 1.85. The van der Waals surface area contributed by atoms with Gasteiger partial charge in [0.1, 0.15) is 6.54 Å². The van der Waals surface area contributed by atoms with Gasteiger partial charge >= 0.3 is 0 Å². The van der Waals surface area contributed by atoms with Gasteiger partial charge in [0.15, 0.2) is 0 Å². The van der Waals surface area contributed by atoms with Gasteiger partial charge in [-0.1, -0.05) is 0 Å². The van der Waals surface area contributed by atoms with Gasteiger partial charge in [0.25, 0.3) is 0 Å². The van der Waals surface area contributed by atoms with Gasteiger partial charge < -0.3 is 35.7 Å². The molecule has 1 atom stereocenters. The highest BCUT2D eigenvalue weighted by Crippen LogP contribution is 1.63. The molecule has 0 aliphatic heterocycles. The van der Waals surface area contributed by atoms with Gasteiger partial charge in [-0.2, -0.15) is 0 Å². The highest BCUT2D eigenvalue weighted by molar-refractivity contribution is 4.32. The van der Waals surface area contributed by atoms with Gasteiger partial charge in [0, 0.05) is 0 Å². The van der Waals surface area contributed by atoms with E-state index in [0.717, 1.165) is 0 Å². The summed E-state index contributed by atoms with van der Waals surface area (Å²) in [5.41, 5.74) is 3.44. The van der Waals surface area contributed by atoms with E-state index in [1.165, 1.54) is 0 Å². The molecule has 0 heterocycles. The summed E-state index contributed by atoms with van der Waals surface area (Å²) in [5, 5.41) is 8.30. The summed E-state index contributed by atoms with van der Waals surface area (Å²) in [6.07, 6.45) is -0.227. The molecule has 0 rings (SSSR count). The SMILES string of the molecule is CC(O)C[NH3+].[Cl-].[Cl-]. The molecule has 0 aliphatic carbocycles. The largest absolute Gasteiger partial charge is 1.00 e. The molecular weight excluding hydrogens is 137 g/mol. The Hall–Kier alpha value is 0.500. The number of quaternary nitrogens is 1. The Morgan fingerprint density at radius 3 is 1.71 bits per heavy atom. The zero-order valence-electron chi connectivity index (χ0n) is 4.19. The lowest BCUT2D eigenvalue weighted by Gasteiger charge is -1.87. The number of aliphatic hydroxyl groups is 1. The first-order valence-corrected chi connectivity index (χ1v) is 1.74. The summed E-state index contributed by atoms with van der Waals surface area (Å²) in [7, 11) is 0. The van der Waals surface area contributed by atoms with E-state index in [1.54, 1.807) is 6.92 Å². The zero-order valence-corrected chi connectivity index (χ0v) is 5.71. The van der Waals surface area contributed by atoms with Crippen LogP contribution in [0.25, 0.3) is 0 Å². The maximum atomic E-state index is 8.30. The number of halogens is 2. The van der Waals surface area contributed by atoms with Gasteiger partial charge in [-0.15, -0.1) is 0 Å². The number of hydrogen-bond donors (Lipinski definition) is 2. The molecule has 4 heteroatoms. The molecule has 0 radical (unpaired) electrons. The summed E-state index contributed by atoms with van der Waals surface area (Å²) in [6, 6.07) is 0. The van der Waals surface area contributed by atoms with Gasteiger partial charge in [0.05, 0.1) is 6.10 Å². The molecule has 0 aromatic carbocycles. The average Bonchev–Trinajstić information content (AvgIpc) is 1.38. The summed E-state index contributed by atoms with van der Waals surface area (Å²) >= 11 is 0. The minimum Gasteiger partial charge on any atom is -1.00 e. The van der Waals surface area contributed by atoms with Crippen molar-refractivity contribution >= 4 is 0 Å². The van der Waals surface area contributed by atoms with Gasteiger partial charge in [0.2, 0.25) is 0 Å². The molecule has 0 saturated carbocycles. The van der Waals surface area contributed by atoms with Crippen LogP contribution in [0.3, 0.4) is 0 Å². The summed E-state index contributed by atoms with van der Waals surface area (Å²) < 4.78 is 0. The third kappa shape index (κ3) is 21.1. The van der Waals surface area contributed by atoms with Crippen LogP contribution in [0.5, 0.6) is 0 Å². The van der Waals surface area contributed by atoms with Gasteiger partial charge in [-0.05, 0) is 6.92 Å². The van der Waals surface area contributed by atoms with Crippen LogP contribution in [-0.2, 0) is 0 Å².